The highest BCUT2D eigenvalue weighted by atomic mass is 35.5. The third-order valence-electron chi connectivity index (χ3n) is 3.52. The fraction of sp³-hybridized carbons (Fsp3) is 0.294. The summed E-state index contributed by atoms with van der Waals surface area (Å²) in [4.78, 5) is 0. The molecule has 0 bridgehead atoms. The zero-order valence-electron chi connectivity index (χ0n) is 11.5. The summed E-state index contributed by atoms with van der Waals surface area (Å²) >= 11 is 5.72. The van der Waals surface area contributed by atoms with Gasteiger partial charge in [0.25, 0.3) is 0 Å². The average Bonchev–Trinajstić information content (AvgIpc) is 2.48. The maximum absolute atomic E-state index is 13.1. The van der Waals surface area contributed by atoms with Gasteiger partial charge in [-0.25, -0.2) is 8.78 Å². The first-order valence-electron chi connectivity index (χ1n) is 6.82. The van der Waals surface area contributed by atoms with Crippen LogP contribution in [0.3, 0.4) is 0 Å². The van der Waals surface area contributed by atoms with E-state index in [9.17, 15) is 13.9 Å². The third kappa shape index (κ3) is 4.26. The number of hydrogen-bond acceptors (Lipinski definition) is 1. The Morgan fingerprint density at radius 2 is 1.43 bits per heavy atom. The summed E-state index contributed by atoms with van der Waals surface area (Å²) in [5, 5.41) is 11.0. The molecule has 0 radical (unpaired) electrons. The first-order chi connectivity index (χ1) is 10.0. The van der Waals surface area contributed by atoms with Gasteiger partial charge in [0.1, 0.15) is 11.6 Å². The zero-order valence-corrected chi connectivity index (χ0v) is 12.3. The van der Waals surface area contributed by atoms with E-state index in [0.29, 0.717) is 30.7 Å². The summed E-state index contributed by atoms with van der Waals surface area (Å²) < 4.78 is 26.0. The van der Waals surface area contributed by atoms with Crippen LogP contribution in [-0.2, 0) is 12.0 Å². The predicted octanol–water partition coefficient (Wildman–Crippen LogP) is 4.41. The molecule has 0 heterocycles. The Kier molecular flexibility index (Phi) is 5.32. The predicted molar refractivity (Wildman–Crippen MR) is 80.4 cm³/mol. The smallest absolute Gasteiger partial charge is 0.123 e. The highest BCUT2D eigenvalue weighted by Gasteiger charge is 2.29. The van der Waals surface area contributed by atoms with Gasteiger partial charge in [-0.15, -0.1) is 11.6 Å². The molecule has 0 amide bonds. The lowest BCUT2D eigenvalue weighted by Crippen LogP contribution is -2.29. The summed E-state index contributed by atoms with van der Waals surface area (Å²) in [5.74, 6) is -0.225. The summed E-state index contributed by atoms with van der Waals surface area (Å²) in [7, 11) is 0. The van der Waals surface area contributed by atoms with Crippen molar-refractivity contribution >= 4 is 11.6 Å². The van der Waals surface area contributed by atoms with Crippen molar-refractivity contribution in [3.63, 3.8) is 0 Å². The second-order valence-electron chi connectivity index (χ2n) is 5.13. The van der Waals surface area contributed by atoms with Crippen LogP contribution < -0.4 is 0 Å². The maximum Gasteiger partial charge on any atom is 0.123 e. The van der Waals surface area contributed by atoms with E-state index in [1.807, 2.05) is 0 Å². The Labute approximate surface area is 128 Å². The highest BCUT2D eigenvalue weighted by molar-refractivity contribution is 6.17. The van der Waals surface area contributed by atoms with Gasteiger partial charge < -0.3 is 5.11 Å². The van der Waals surface area contributed by atoms with Crippen LogP contribution in [0.2, 0.25) is 0 Å². The molecular formula is C17H17ClF2O. The van der Waals surface area contributed by atoms with Crippen molar-refractivity contribution in [3.05, 3.63) is 71.3 Å². The lowest BCUT2D eigenvalue weighted by Gasteiger charge is -2.29. The molecule has 0 aliphatic carbocycles. The standard InChI is InChI=1S/C17H17ClF2O/c18-11-1-10-17(21,14-4-8-16(20)9-5-14)12-13-2-6-15(19)7-3-13/h2-9,21H,1,10-12H2. The molecule has 1 unspecified atom stereocenters. The van der Waals surface area contributed by atoms with Crippen molar-refractivity contribution in [1.29, 1.82) is 0 Å². The van der Waals surface area contributed by atoms with E-state index in [4.69, 9.17) is 11.6 Å². The van der Waals surface area contributed by atoms with Crippen LogP contribution in [0, 0.1) is 11.6 Å². The summed E-state index contributed by atoms with van der Waals surface area (Å²) in [5.41, 5.74) is 0.316. The van der Waals surface area contributed by atoms with Crippen LogP contribution in [0.5, 0.6) is 0 Å². The first kappa shape index (κ1) is 15.9. The van der Waals surface area contributed by atoms with Crippen molar-refractivity contribution in [1.82, 2.24) is 0 Å². The monoisotopic (exact) mass is 310 g/mol. The van der Waals surface area contributed by atoms with Gasteiger partial charge in [0, 0.05) is 12.3 Å². The largest absolute Gasteiger partial charge is 0.385 e. The highest BCUT2D eigenvalue weighted by Crippen LogP contribution is 2.31. The van der Waals surface area contributed by atoms with E-state index in [-0.39, 0.29) is 11.6 Å². The summed E-state index contributed by atoms with van der Waals surface area (Å²) in [6.07, 6.45) is 1.42. The molecule has 1 atom stereocenters. The normalized spacial score (nSPS) is 13.9. The van der Waals surface area contributed by atoms with Gasteiger partial charge >= 0.3 is 0 Å². The molecule has 1 nitrogen and oxygen atoms in total. The van der Waals surface area contributed by atoms with Crippen LogP contribution >= 0.6 is 11.6 Å². The van der Waals surface area contributed by atoms with Crippen molar-refractivity contribution in [3.8, 4) is 0 Å². The molecule has 4 heteroatoms. The molecule has 2 aromatic rings. The molecule has 0 aromatic heterocycles. The molecule has 0 spiro atoms. The van der Waals surface area contributed by atoms with Crippen LogP contribution in [0.15, 0.2) is 48.5 Å². The molecule has 2 rings (SSSR count). The molecule has 112 valence electrons. The lowest BCUT2D eigenvalue weighted by molar-refractivity contribution is 0.0270. The van der Waals surface area contributed by atoms with Crippen LogP contribution in [0.4, 0.5) is 8.78 Å². The quantitative estimate of drug-likeness (QED) is 0.783. The number of alkyl halides is 1. The fourth-order valence-corrected chi connectivity index (χ4v) is 2.53. The number of halogens is 3. The van der Waals surface area contributed by atoms with Crippen molar-refractivity contribution in [2.24, 2.45) is 0 Å². The minimum atomic E-state index is -1.14. The Morgan fingerprint density at radius 1 is 0.905 bits per heavy atom. The molecule has 1 N–H and O–H groups in total. The SMILES string of the molecule is OC(CCCCl)(Cc1ccc(F)cc1)c1ccc(F)cc1. The first-order valence-corrected chi connectivity index (χ1v) is 7.36. The molecule has 0 aliphatic rings. The zero-order chi connectivity index (χ0) is 15.3. The minimum Gasteiger partial charge on any atom is -0.385 e. The van der Waals surface area contributed by atoms with Gasteiger partial charge in [-0.3, -0.25) is 0 Å². The van der Waals surface area contributed by atoms with E-state index in [2.05, 4.69) is 0 Å². The van der Waals surface area contributed by atoms with Crippen LogP contribution in [0.25, 0.3) is 0 Å². The number of aliphatic hydroxyl groups is 1. The number of benzene rings is 2. The van der Waals surface area contributed by atoms with Gasteiger partial charge in [0.05, 0.1) is 5.60 Å². The van der Waals surface area contributed by atoms with E-state index >= 15 is 0 Å². The van der Waals surface area contributed by atoms with Gasteiger partial charge in [0.15, 0.2) is 0 Å². The third-order valence-corrected chi connectivity index (χ3v) is 3.78. The Balaban J connectivity index is 2.27. The van der Waals surface area contributed by atoms with Crippen molar-refractivity contribution in [2.75, 3.05) is 5.88 Å². The van der Waals surface area contributed by atoms with E-state index < -0.39 is 5.60 Å². The van der Waals surface area contributed by atoms with Crippen LogP contribution in [-0.4, -0.2) is 11.0 Å². The van der Waals surface area contributed by atoms with Gasteiger partial charge in [-0.2, -0.15) is 0 Å². The van der Waals surface area contributed by atoms with Gasteiger partial charge in [-0.05, 0) is 48.2 Å². The van der Waals surface area contributed by atoms with Gasteiger partial charge in [-0.1, -0.05) is 24.3 Å². The van der Waals surface area contributed by atoms with Crippen molar-refractivity contribution in [2.45, 2.75) is 24.9 Å². The Bertz CT molecular complexity index is 568. The maximum atomic E-state index is 13.1. The molecule has 0 saturated heterocycles. The van der Waals surface area contributed by atoms with E-state index in [0.717, 1.165) is 5.56 Å². The molecule has 21 heavy (non-hydrogen) atoms. The molecule has 0 saturated carbocycles. The molecule has 0 fully saturated rings. The second kappa shape index (κ2) is 7.01. The molecule has 2 aromatic carbocycles. The topological polar surface area (TPSA) is 20.2 Å². The molecule has 0 aliphatic heterocycles. The Morgan fingerprint density at radius 3 is 1.95 bits per heavy atom. The second-order valence-corrected chi connectivity index (χ2v) is 5.51. The summed E-state index contributed by atoms with van der Waals surface area (Å²) in [6.45, 7) is 0. The number of rotatable bonds is 6. The van der Waals surface area contributed by atoms with Crippen LogP contribution in [0.1, 0.15) is 24.0 Å². The lowest BCUT2D eigenvalue weighted by atomic mass is 9.83. The summed E-state index contributed by atoms with van der Waals surface area (Å²) in [6, 6.07) is 11.8. The van der Waals surface area contributed by atoms with Gasteiger partial charge in [0.2, 0.25) is 0 Å². The van der Waals surface area contributed by atoms with E-state index in [1.54, 1.807) is 24.3 Å². The Hall–Kier alpha value is -1.45. The van der Waals surface area contributed by atoms with Crippen molar-refractivity contribution < 1.29 is 13.9 Å². The minimum absolute atomic E-state index is 0.315. The van der Waals surface area contributed by atoms with E-state index in [1.165, 1.54) is 24.3 Å². The average molecular weight is 311 g/mol. The fourth-order valence-electron chi connectivity index (χ4n) is 2.39. The molecular weight excluding hydrogens is 294 g/mol. The number of hydrogen-bond donors (Lipinski definition) is 1.